The van der Waals surface area contributed by atoms with Gasteiger partial charge >= 0.3 is 0 Å². The van der Waals surface area contributed by atoms with Gasteiger partial charge in [-0.1, -0.05) is 53.5 Å². The van der Waals surface area contributed by atoms with Crippen molar-refractivity contribution in [3.05, 3.63) is 86.8 Å². The fraction of sp³-hybridized carbons (Fsp3) is 0.238. The summed E-state index contributed by atoms with van der Waals surface area (Å²) in [5.41, 5.74) is 0.845. The van der Waals surface area contributed by atoms with Gasteiger partial charge in [-0.05, 0) is 43.2 Å². The SMILES string of the molecule is CC(OCCCNS(=O)(=O)c1ccc(-n2ncc(Cl)c(Cl)c2=O)cc1)c1ccccc1. The van der Waals surface area contributed by atoms with Crippen LogP contribution in [0, 0.1) is 0 Å². The van der Waals surface area contributed by atoms with Gasteiger partial charge in [0.05, 0.1) is 27.9 Å². The molecule has 0 aliphatic rings. The molecule has 0 saturated heterocycles. The summed E-state index contributed by atoms with van der Waals surface area (Å²) in [6.07, 6.45) is 1.71. The summed E-state index contributed by atoms with van der Waals surface area (Å²) < 4.78 is 34.3. The minimum absolute atomic E-state index is 0.0495. The standard InChI is InChI=1S/C21H21Cl2N3O4S/c1-15(16-6-3-2-4-7-16)30-13-5-12-25-31(28,29)18-10-8-17(9-11-18)26-21(27)20(23)19(22)14-24-26/h2-4,6-11,14-15,25H,5,12-13H2,1H3. The summed E-state index contributed by atoms with van der Waals surface area (Å²) in [5, 5.41) is 3.81. The highest BCUT2D eigenvalue weighted by atomic mass is 35.5. The van der Waals surface area contributed by atoms with Crippen LogP contribution in [0.15, 0.2) is 70.5 Å². The van der Waals surface area contributed by atoms with E-state index in [1.165, 1.54) is 30.5 Å². The number of rotatable bonds is 9. The Hall–Kier alpha value is -2.23. The van der Waals surface area contributed by atoms with Crippen molar-refractivity contribution in [2.75, 3.05) is 13.2 Å². The third-order valence-corrected chi connectivity index (χ3v) is 6.74. The zero-order valence-corrected chi connectivity index (χ0v) is 19.0. The molecule has 0 radical (unpaired) electrons. The Labute approximate surface area is 190 Å². The van der Waals surface area contributed by atoms with Crippen LogP contribution in [0.5, 0.6) is 0 Å². The van der Waals surface area contributed by atoms with Crippen molar-refractivity contribution in [3.8, 4) is 5.69 Å². The van der Waals surface area contributed by atoms with E-state index in [0.717, 1.165) is 10.2 Å². The predicted octanol–water partition coefficient (Wildman–Crippen LogP) is 3.99. The van der Waals surface area contributed by atoms with Crippen molar-refractivity contribution in [3.63, 3.8) is 0 Å². The fourth-order valence-corrected chi connectivity index (χ4v) is 4.13. The quantitative estimate of drug-likeness (QED) is 0.466. The minimum Gasteiger partial charge on any atom is -0.374 e. The van der Waals surface area contributed by atoms with Crippen LogP contribution in [-0.4, -0.2) is 31.3 Å². The lowest BCUT2D eigenvalue weighted by molar-refractivity contribution is 0.0647. The Morgan fingerprint density at radius 1 is 1.10 bits per heavy atom. The second-order valence-electron chi connectivity index (χ2n) is 6.69. The Morgan fingerprint density at radius 2 is 1.77 bits per heavy atom. The predicted molar refractivity (Wildman–Crippen MR) is 120 cm³/mol. The zero-order chi connectivity index (χ0) is 22.4. The lowest BCUT2D eigenvalue weighted by Crippen LogP contribution is -2.26. The smallest absolute Gasteiger partial charge is 0.291 e. The van der Waals surface area contributed by atoms with Crippen LogP contribution in [0.4, 0.5) is 0 Å². The van der Waals surface area contributed by atoms with Crippen molar-refractivity contribution in [2.45, 2.75) is 24.3 Å². The van der Waals surface area contributed by atoms with E-state index < -0.39 is 15.6 Å². The average Bonchev–Trinajstić information content (AvgIpc) is 2.78. The first-order valence-corrected chi connectivity index (χ1v) is 11.7. The number of nitrogens with one attached hydrogen (secondary N) is 1. The molecule has 1 unspecified atom stereocenters. The molecule has 1 heterocycles. The summed E-state index contributed by atoms with van der Waals surface area (Å²) in [4.78, 5) is 12.2. The molecule has 7 nitrogen and oxygen atoms in total. The van der Waals surface area contributed by atoms with Crippen molar-refractivity contribution in [1.29, 1.82) is 0 Å². The Bertz CT molecular complexity index is 1180. The third-order valence-electron chi connectivity index (χ3n) is 4.52. The first-order chi connectivity index (χ1) is 14.8. The molecule has 3 aromatic rings. The number of benzene rings is 2. The molecule has 31 heavy (non-hydrogen) atoms. The van der Waals surface area contributed by atoms with Gasteiger partial charge in [0, 0.05) is 13.2 Å². The van der Waals surface area contributed by atoms with Crippen LogP contribution in [0.2, 0.25) is 10.0 Å². The lowest BCUT2D eigenvalue weighted by Gasteiger charge is -2.13. The molecule has 0 saturated carbocycles. The molecule has 10 heteroatoms. The molecule has 0 bridgehead atoms. The van der Waals surface area contributed by atoms with E-state index >= 15 is 0 Å². The highest BCUT2D eigenvalue weighted by Gasteiger charge is 2.15. The van der Waals surface area contributed by atoms with Crippen molar-refractivity contribution >= 4 is 33.2 Å². The Balaban J connectivity index is 1.55. The summed E-state index contributed by atoms with van der Waals surface area (Å²) in [6, 6.07) is 15.5. The molecule has 0 amide bonds. The summed E-state index contributed by atoms with van der Waals surface area (Å²) in [6.45, 7) is 2.61. The number of halogens is 2. The number of ether oxygens (including phenoxy) is 1. The monoisotopic (exact) mass is 481 g/mol. The first kappa shape index (κ1) is 23.4. The van der Waals surface area contributed by atoms with Gasteiger partial charge in [-0.25, -0.2) is 13.1 Å². The topological polar surface area (TPSA) is 90.3 Å². The molecule has 0 aliphatic heterocycles. The Kier molecular flexibility index (Phi) is 7.85. The van der Waals surface area contributed by atoms with Gasteiger partial charge in [0.1, 0.15) is 5.02 Å². The minimum atomic E-state index is -3.70. The van der Waals surface area contributed by atoms with Crippen LogP contribution in [-0.2, 0) is 14.8 Å². The van der Waals surface area contributed by atoms with Crippen LogP contribution < -0.4 is 10.3 Å². The van der Waals surface area contributed by atoms with Gasteiger partial charge in [0.15, 0.2) is 0 Å². The lowest BCUT2D eigenvalue weighted by atomic mass is 10.1. The maximum atomic E-state index is 12.5. The molecule has 2 aromatic carbocycles. The number of hydrogen-bond donors (Lipinski definition) is 1. The second-order valence-corrected chi connectivity index (χ2v) is 9.24. The third kappa shape index (κ3) is 5.93. The van der Waals surface area contributed by atoms with E-state index in [1.807, 2.05) is 37.3 Å². The molecule has 1 atom stereocenters. The van der Waals surface area contributed by atoms with E-state index in [-0.39, 0.29) is 27.6 Å². The molecule has 1 aromatic heterocycles. The normalized spacial score (nSPS) is 12.6. The summed E-state index contributed by atoms with van der Waals surface area (Å²) in [7, 11) is -3.70. The Morgan fingerprint density at radius 3 is 2.45 bits per heavy atom. The van der Waals surface area contributed by atoms with Gasteiger partial charge in [0.25, 0.3) is 5.56 Å². The average molecular weight is 482 g/mol. The van der Waals surface area contributed by atoms with Crippen LogP contribution in [0.3, 0.4) is 0 Å². The van der Waals surface area contributed by atoms with Crippen molar-refractivity contribution in [1.82, 2.24) is 14.5 Å². The highest BCUT2D eigenvalue weighted by molar-refractivity contribution is 7.89. The zero-order valence-electron chi connectivity index (χ0n) is 16.7. The van der Waals surface area contributed by atoms with Crippen LogP contribution >= 0.6 is 23.2 Å². The molecule has 3 rings (SSSR count). The number of aromatic nitrogens is 2. The van der Waals surface area contributed by atoms with Gasteiger partial charge in [-0.15, -0.1) is 0 Å². The van der Waals surface area contributed by atoms with Gasteiger partial charge in [0.2, 0.25) is 10.0 Å². The molecular formula is C21H21Cl2N3O4S. The van der Waals surface area contributed by atoms with Crippen molar-refractivity contribution in [2.24, 2.45) is 0 Å². The van der Waals surface area contributed by atoms with Gasteiger partial charge in [-0.3, -0.25) is 4.79 Å². The summed E-state index contributed by atoms with van der Waals surface area (Å²) in [5.74, 6) is 0. The largest absolute Gasteiger partial charge is 0.374 e. The molecule has 0 spiro atoms. The maximum Gasteiger partial charge on any atom is 0.291 e. The van der Waals surface area contributed by atoms with E-state index in [9.17, 15) is 13.2 Å². The first-order valence-electron chi connectivity index (χ1n) is 9.49. The van der Waals surface area contributed by atoms with E-state index in [0.29, 0.717) is 18.7 Å². The van der Waals surface area contributed by atoms with E-state index in [1.54, 1.807) is 0 Å². The molecule has 0 fully saturated rings. The molecule has 1 N–H and O–H groups in total. The van der Waals surface area contributed by atoms with Crippen LogP contribution in [0.1, 0.15) is 25.0 Å². The number of sulfonamides is 1. The second kappa shape index (κ2) is 10.4. The highest BCUT2D eigenvalue weighted by Crippen LogP contribution is 2.18. The number of hydrogen-bond acceptors (Lipinski definition) is 5. The fourth-order valence-electron chi connectivity index (χ4n) is 2.81. The van der Waals surface area contributed by atoms with Gasteiger partial charge < -0.3 is 4.74 Å². The summed E-state index contributed by atoms with van der Waals surface area (Å²) >= 11 is 11.6. The molecule has 0 aliphatic carbocycles. The maximum absolute atomic E-state index is 12.5. The van der Waals surface area contributed by atoms with E-state index in [4.69, 9.17) is 27.9 Å². The number of nitrogens with zero attached hydrogens (tertiary/aromatic N) is 2. The van der Waals surface area contributed by atoms with Crippen molar-refractivity contribution < 1.29 is 13.2 Å². The molecular weight excluding hydrogens is 461 g/mol. The van der Waals surface area contributed by atoms with E-state index in [2.05, 4.69) is 9.82 Å². The van der Waals surface area contributed by atoms with Gasteiger partial charge in [-0.2, -0.15) is 9.78 Å². The molecule has 164 valence electrons. The van der Waals surface area contributed by atoms with Crippen LogP contribution in [0.25, 0.3) is 5.69 Å².